The first-order chi connectivity index (χ1) is 10.5. The third kappa shape index (κ3) is 3.85. The van der Waals surface area contributed by atoms with Crippen molar-refractivity contribution in [3.05, 3.63) is 11.8 Å². The minimum absolute atomic E-state index is 0.0711. The molecule has 1 aromatic heterocycles. The minimum Gasteiger partial charge on any atom is -0.417 e. The Balaban J connectivity index is 2.08. The number of hydrogen-bond acceptors (Lipinski definition) is 5. The van der Waals surface area contributed by atoms with Crippen molar-refractivity contribution in [2.24, 2.45) is 11.3 Å². The molecule has 1 amide bonds. The van der Waals surface area contributed by atoms with E-state index in [0.29, 0.717) is 31.3 Å². The van der Waals surface area contributed by atoms with Gasteiger partial charge in [0.1, 0.15) is 0 Å². The lowest BCUT2D eigenvalue weighted by atomic mass is 9.74. The number of aliphatic hydroxyl groups is 1. The Labute approximate surface area is 131 Å². The van der Waals surface area contributed by atoms with E-state index in [-0.39, 0.29) is 23.8 Å². The normalized spacial score (nSPS) is 22.3. The summed E-state index contributed by atoms with van der Waals surface area (Å²) in [5, 5.41) is 17.6. The Morgan fingerprint density at radius 1 is 1.45 bits per heavy atom. The fraction of sp³-hybridized carbons (Fsp3) is 0.812. The lowest BCUT2D eigenvalue weighted by Crippen LogP contribution is -2.48. The molecule has 6 nitrogen and oxygen atoms in total. The number of piperidine rings is 1. The van der Waals surface area contributed by atoms with Crippen LogP contribution in [0, 0.1) is 11.3 Å². The molecule has 0 unspecified atom stereocenters. The number of aryl methyl sites for hydroxylation is 1. The molecule has 1 aliphatic heterocycles. The molecule has 0 aliphatic carbocycles. The number of carbonyl (C=O) groups is 1. The van der Waals surface area contributed by atoms with Crippen molar-refractivity contribution in [2.45, 2.75) is 52.9 Å². The van der Waals surface area contributed by atoms with E-state index < -0.39 is 0 Å². The Hall–Kier alpha value is -1.43. The molecule has 1 fully saturated rings. The van der Waals surface area contributed by atoms with Crippen molar-refractivity contribution < 1.29 is 14.3 Å². The van der Waals surface area contributed by atoms with Gasteiger partial charge in [-0.1, -0.05) is 20.8 Å². The van der Waals surface area contributed by atoms with E-state index in [1.807, 2.05) is 6.92 Å². The van der Waals surface area contributed by atoms with Crippen LogP contribution in [0.25, 0.3) is 0 Å². The van der Waals surface area contributed by atoms with E-state index in [4.69, 9.17) is 4.42 Å². The number of aromatic nitrogens is 2. The van der Waals surface area contributed by atoms with Gasteiger partial charge >= 0.3 is 11.8 Å². The van der Waals surface area contributed by atoms with Crippen molar-refractivity contribution in [1.29, 1.82) is 0 Å². The van der Waals surface area contributed by atoms with Crippen LogP contribution < -0.4 is 0 Å². The van der Waals surface area contributed by atoms with E-state index >= 15 is 0 Å². The highest BCUT2D eigenvalue weighted by molar-refractivity contribution is 5.89. The highest BCUT2D eigenvalue weighted by Crippen LogP contribution is 2.36. The first-order valence-corrected chi connectivity index (χ1v) is 8.22. The van der Waals surface area contributed by atoms with Crippen LogP contribution in [0.2, 0.25) is 0 Å². The second kappa shape index (κ2) is 7.22. The molecule has 0 saturated carbocycles. The number of nitrogens with zero attached hydrogens (tertiary/aromatic N) is 3. The summed E-state index contributed by atoms with van der Waals surface area (Å²) in [6.45, 7) is 7.67. The van der Waals surface area contributed by atoms with Crippen molar-refractivity contribution in [3.63, 3.8) is 0 Å². The second-order valence-electron chi connectivity index (χ2n) is 6.84. The summed E-state index contributed by atoms with van der Waals surface area (Å²) in [6, 6.07) is 0. The Morgan fingerprint density at radius 3 is 2.86 bits per heavy atom. The number of rotatable bonds is 6. The third-order valence-corrected chi connectivity index (χ3v) is 4.24. The van der Waals surface area contributed by atoms with Crippen molar-refractivity contribution >= 4 is 5.91 Å². The van der Waals surface area contributed by atoms with Crippen molar-refractivity contribution in [1.82, 2.24) is 15.1 Å². The smallest absolute Gasteiger partial charge is 0.311 e. The van der Waals surface area contributed by atoms with Crippen LogP contribution in [-0.2, 0) is 6.42 Å². The highest BCUT2D eigenvalue weighted by atomic mass is 16.4. The molecular weight excluding hydrogens is 282 g/mol. The topological polar surface area (TPSA) is 79.5 Å². The first-order valence-electron chi connectivity index (χ1n) is 8.22. The maximum Gasteiger partial charge on any atom is 0.311 e. The minimum atomic E-state index is -0.212. The average Bonchev–Trinajstić information content (AvgIpc) is 2.95. The van der Waals surface area contributed by atoms with Crippen LogP contribution in [0.3, 0.4) is 0 Å². The molecular formula is C16H27N3O3. The number of amides is 1. The summed E-state index contributed by atoms with van der Waals surface area (Å²) in [4.78, 5) is 14.3. The fourth-order valence-corrected chi connectivity index (χ4v) is 3.40. The van der Waals surface area contributed by atoms with Crippen molar-refractivity contribution in [3.8, 4) is 0 Å². The summed E-state index contributed by atoms with van der Waals surface area (Å²) in [5.41, 5.74) is -0.200. The molecule has 0 aromatic carbocycles. The summed E-state index contributed by atoms with van der Waals surface area (Å²) in [7, 11) is 0. The van der Waals surface area contributed by atoms with E-state index in [1.54, 1.807) is 4.90 Å². The van der Waals surface area contributed by atoms with Gasteiger partial charge < -0.3 is 14.4 Å². The van der Waals surface area contributed by atoms with Gasteiger partial charge in [-0.05, 0) is 31.6 Å². The molecule has 0 bridgehead atoms. The SMILES string of the molecule is CCCc1nnc(C(=O)N2CCC[C@](CO)(CC(C)C)C2)o1. The molecule has 2 rings (SSSR count). The van der Waals surface area contributed by atoms with E-state index in [9.17, 15) is 9.90 Å². The summed E-state index contributed by atoms with van der Waals surface area (Å²) < 4.78 is 5.45. The van der Waals surface area contributed by atoms with Gasteiger partial charge in [-0.2, -0.15) is 0 Å². The van der Waals surface area contributed by atoms with E-state index in [1.165, 1.54) is 0 Å². The lowest BCUT2D eigenvalue weighted by Gasteiger charge is -2.42. The number of carbonyl (C=O) groups excluding carboxylic acids is 1. The predicted molar refractivity (Wildman–Crippen MR) is 82.4 cm³/mol. The van der Waals surface area contributed by atoms with E-state index in [0.717, 1.165) is 25.7 Å². The van der Waals surface area contributed by atoms with Gasteiger partial charge in [0.25, 0.3) is 0 Å². The van der Waals surface area contributed by atoms with Crippen LogP contribution in [0.5, 0.6) is 0 Å². The Kier molecular flexibility index (Phi) is 5.56. The largest absolute Gasteiger partial charge is 0.417 e. The number of likely N-dealkylation sites (tertiary alicyclic amines) is 1. The molecule has 1 aliphatic rings. The van der Waals surface area contributed by atoms with Gasteiger partial charge in [-0.15, -0.1) is 10.2 Å². The monoisotopic (exact) mass is 309 g/mol. The molecule has 6 heteroatoms. The standard InChI is InChI=1S/C16H27N3O3/c1-4-6-13-17-18-14(22-13)15(21)19-8-5-7-16(10-19,11-20)9-12(2)3/h12,20H,4-11H2,1-3H3/t16-/m0/s1. The highest BCUT2D eigenvalue weighted by Gasteiger charge is 2.38. The van der Waals surface area contributed by atoms with Crippen LogP contribution in [0.4, 0.5) is 0 Å². The third-order valence-electron chi connectivity index (χ3n) is 4.24. The van der Waals surface area contributed by atoms with Gasteiger partial charge in [0.2, 0.25) is 5.89 Å². The van der Waals surface area contributed by atoms with Gasteiger partial charge in [0, 0.05) is 24.9 Å². The van der Waals surface area contributed by atoms with Crippen LogP contribution in [0.1, 0.15) is 63.0 Å². The van der Waals surface area contributed by atoms with Crippen LogP contribution >= 0.6 is 0 Å². The fourth-order valence-electron chi connectivity index (χ4n) is 3.40. The number of aliphatic hydroxyl groups excluding tert-OH is 1. The zero-order chi connectivity index (χ0) is 16.2. The molecule has 0 radical (unpaired) electrons. The van der Waals surface area contributed by atoms with Gasteiger partial charge in [0.05, 0.1) is 6.61 Å². The molecule has 1 N–H and O–H groups in total. The molecule has 1 atom stereocenters. The lowest BCUT2D eigenvalue weighted by molar-refractivity contribution is 0.0140. The zero-order valence-electron chi connectivity index (χ0n) is 13.8. The van der Waals surface area contributed by atoms with E-state index in [2.05, 4.69) is 24.0 Å². The van der Waals surface area contributed by atoms with Crippen LogP contribution in [-0.4, -0.2) is 45.8 Å². The molecule has 0 spiro atoms. The second-order valence-corrected chi connectivity index (χ2v) is 6.84. The Bertz CT molecular complexity index is 501. The maximum atomic E-state index is 12.6. The molecule has 2 heterocycles. The molecule has 1 saturated heterocycles. The molecule has 22 heavy (non-hydrogen) atoms. The maximum absolute atomic E-state index is 12.6. The van der Waals surface area contributed by atoms with Gasteiger partial charge in [0.15, 0.2) is 0 Å². The summed E-state index contributed by atoms with van der Waals surface area (Å²) in [5.74, 6) is 0.859. The molecule has 124 valence electrons. The van der Waals surface area contributed by atoms with Crippen molar-refractivity contribution in [2.75, 3.05) is 19.7 Å². The summed E-state index contributed by atoms with van der Waals surface area (Å²) >= 11 is 0. The average molecular weight is 309 g/mol. The predicted octanol–water partition coefficient (Wildman–Crippen LogP) is 2.28. The van der Waals surface area contributed by atoms with Crippen LogP contribution in [0.15, 0.2) is 4.42 Å². The zero-order valence-corrected chi connectivity index (χ0v) is 13.8. The first kappa shape index (κ1) is 16.9. The molecule has 1 aromatic rings. The van der Waals surface area contributed by atoms with Gasteiger partial charge in [-0.3, -0.25) is 4.79 Å². The number of hydrogen-bond donors (Lipinski definition) is 1. The summed E-state index contributed by atoms with van der Waals surface area (Å²) in [6.07, 6.45) is 4.36. The Morgan fingerprint density at radius 2 is 2.23 bits per heavy atom. The quantitative estimate of drug-likeness (QED) is 0.872. The van der Waals surface area contributed by atoms with Gasteiger partial charge in [-0.25, -0.2) is 0 Å².